The van der Waals surface area contributed by atoms with Gasteiger partial charge in [-0.25, -0.2) is 4.98 Å². The molecule has 0 saturated heterocycles. The lowest BCUT2D eigenvalue weighted by atomic mass is 10.0. The zero-order valence-corrected chi connectivity index (χ0v) is 12.7. The predicted octanol–water partition coefficient (Wildman–Crippen LogP) is 2.70. The number of carbonyl (C=O) groups excluding carboxylic acids is 1. The highest BCUT2D eigenvalue weighted by molar-refractivity contribution is 5.92. The summed E-state index contributed by atoms with van der Waals surface area (Å²) in [7, 11) is 0. The number of amides is 1. The minimum Gasteiger partial charge on any atom is -0.338 e. The largest absolute Gasteiger partial charge is 0.338 e. The molecule has 2 aromatic heterocycles. The molecule has 1 unspecified atom stereocenters. The quantitative estimate of drug-likeness (QED) is 0.804. The number of carbonyl (C=O) groups is 1. The van der Waals surface area contributed by atoms with Crippen LogP contribution in [-0.4, -0.2) is 20.9 Å². The van der Waals surface area contributed by atoms with E-state index < -0.39 is 0 Å². The van der Waals surface area contributed by atoms with Gasteiger partial charge in [0.1, 0.15) is 5.69 Å². The van der Waals surface area contributed by atoms with Crippen molar-refractivity contribution in [2.75, 3.05) is 0 Å². The number of nitrogens with one attached hydrogen (secondary N) is 1. The van der Waals surface area contributed by atoms with Crippen molar-refractivity contribution < 1.29 is 4.79 Å². The summed E-state index contributed by atoms with van der Waals surface area (Å²) in [6.45, 7) is 1.83. The second-order valence-corrected chi connectivity index (χ2v) is 5.11. The van der Waals surface area contributed by atoms with Gasteiger partial charge in [-0.1, -0.05) is 36.4 Å². The zero-order valence-electron chi connectivity index (χ0n) is 12.7. The fourth-order valence-electron chi connectivity index (χ4n) is 2.24. The topological polar surface area (TPSA) is 67.8 Å². The standard InChI is InChI=1S/C18H16N4O/c1-13-11-21-16(12-20-13)18(23)22-17(14-7-3-2-4-8-14)15-9-5-6-10-19-15/h2-12,17H,1H3,(H,22,23). The summed E-state index contributed by atoms with van der Waals surface area (Å²) in [4.78, 5) is 25.1. The van der Waals surface area contributed by atoms with Crippen LogP contribution in [0.1, 0.15) is 33.5 Å². The average molecular weight is 304 g/mol. The molecule has 1 aromatic carbocycles. The maximum Gasteiger partial charge on any atom is 0.272 e. The molecule has 0 aliphatic rings. The Hall–Kier alpha value is -3.08. The van der Waals surface area contributed by atoms with E-state index in [0.29, 0.717) is 0 Å². The summed E-state index contributed by atoms with van der Waals surface area (Å²) in [6, 6.07) is 15.0. The van der Waals surface area contributed by atoms with Crippen LogP contribution in [0.4, 0.5) is 0 Å². The Bertz CT molecular complexity index is 734. The first-order chi connectivity index (χ1) is 11.2. The van der Waals surface area contributed by atoms with Crippen molar-refractivity contribution >= 4 is 5.91 Å². The highest BCUT2D eigenvalue weighted by atomic mass is 16.1. The molecule has 0 aliphatic heterocycles. The summed E-state index contributed by atoms with van der Waals surface area (Å²) < 4.78 is 0. The monoisotopic (exact) mass is 304 g/mol. The molecule has 0 fully saturated rings. The maximum absolute atomic E-state index is 12.5. The van der Waals surface area contributed by atoms with Crippen molar-refractivity contribution in [2.45, 2.75) is 13.0 Å². The van der Waals surface area contributed by atoms with Crippen LogP contribution in [0.15, 0.2) is 67.1 Å². The normalized spacial score (nSPS) is 11.7. The van der Waals surface area contributed by atoms with E-state index in [4.69, 9.17) is 0 Å². The van der Waals surface area contributed by atoms with E-state index in [-0.39, 0.29) is 17.6 Å². The second kappa shape index (κ2) is 6.79. The van der Waals surface area contributed by atoms with E-state index in [2.05, 4.69) is 20.3 Å². The van der Waals surface area contributed by atoms with Crippen molar-refractivity contribution in [3.63, 3.8) is 0 Å². The third-order valence-corrected chi connectivity index (χ3v) is 3.41. The van der Waals surface area contributed by atoms with Crippen LogP contribution in [0.2, 0.25) is 0 Å². The summed E-state index contributed by atoms with van der Waals surface area (Å²) in [5.74, 6) is -0.281. The van der Waals surface area contributed by atoms with Crippen molar-refractivity contribution in [1.29, 1.82) is 0 Å². The first kappa shape index (κ1) is 14.8. The summed E-state index contributed by atoms with van der Waals surface area (Å²) in [5, 5.41) is 2.98. The predicted molar refractivity (Wildman–Crippen MR) is 86.8 cm³/mol. The molecule has 114 valence electrons. The van der Waals surface area contributed by atoms with Crippen LogP contribution >= 0.6 is 0 Å². The number of aryl methyl sites for hydroxylation is 1. The fraction of sp³-hybridized carbons (Fsp3) is 0.111. The van der Waals surface area contributed by atoms with Gasteiger partial charge in [-0.2, -0.15) is 0 Å². The lowest BCUT2D eigenvalue weighted by Gasteiger charge is -2.18. The van der Waals surface area contributed by atoms with Gasteiger partial charge in [-0.15, -0.1) is 0 Å². The van der Waals surface area contributed by atoms with Crippen molar-refractivity contribution in [2.24, 2.45) is 0 Å². The van der Waals surface area contributed by atoms with Crippen LogP contribution in [0, 0.1) is 6.92 Å². The first-order valence-electron chi connectivity index (χ1n) is 7.29. The van der Waals surface area contributed by atoms with E-state index in [1.54, 1.807) is 12.4 Å². The van der Waals surface area contributed by atoms with E-state index in [1.165, 1.54) is 6.20 Å². The number of nitrogens with zero attached hydrogens (tertiary/aromatic N) is 3. The molecular weight excluding hydrogens is 288 g/mol. The summed E-state index contributed by atoms with van der Waals surface area (Å²) in [6.07, 6.45) is 4.77. The highest BCUT2D eigenvalue weighted by Gasteiger charge is 2.19. The van der Waals surface area contributed by atoms with Crippen LogP contribution in [0.3, 0.4) is 0 Å². The van der Waals surface area contributed by atoms with E-state index in [1.807, 2.05) is 55.5 Å². The molecule has 1 amide bonds. The van der Waals surface area contributed by atoms with Gasteiger partial charge < -0.3 is 5.32 Å². The molecule has 2 heterocycles. The molecule has 5 heteroatoms. The number of hydrogen-bond donors (Lipinski definition) is 1. The Kier molecular flexibility index (Phi) is 4.38. The smallest absolute Gasteiger partial charge is 0.272 e. The van der Waals surface area contributed by atoms with Gasteiger partial charge in [-0.3, -0.25) is 14.8 Å². The van der Waals surface area contributed by atoms with Crippen molar-refractivity contribution in [3.05, 3.63) is 89.8 Å². The second-order valence-electron chi connectivity index (χ2n) is 5.11. The third-order valence-electron chi connectivity index (χ3n) is 3.41. The van der Waals surface area contributed by atoms with Crippen molar-refractivity contribution in [3.8, 4) is 0 Å². The van der Waals surface area contributed by atoms with Crippen LogP contribution in [0.25, 0.3) is 0 Å². The van der Waals surface area contributed by atoms with Crippen LogP contribution < -0.4 is 5.32 Å². The molecule has 23 heavy (non-hydrogen) atoms. The molecule has 1 atom stereocenters. The number of benzene rings is 1. The molecular formula is C18H16N4O. The van der Waals surface area contributed by atoms with Crippen molar-refractivity contribution in [1.82, 2.24) is 20.3 Å². The average Bonchev–Trinajstić information content (AvgIpc) is 2.61. The van der Waals surface area contributed by atoms with Gasteiger partial charge in [-0.05, 0) is 24.6 Å². The number of aromatic nitrogens is 3. The number of rotatable bonds is 4. The minimum atomic E-state index is -0.340. The van der Waals surface area contributed by atoms with Gasteiger partial charge in [0.15, 0.2) is 0 Å². The summed E-state index contributed by atoms with van der Waals surface area (Å²) >= 11 is 0. The minimum absolute atomic E-state index is 0.281. The van der Waals surface area contributed by atoms with Gasteiger partial charge in [0.05, 0.1) is 23.6 Å². The first-order valence-corrected chi connectivity index (χ1v) is 7.29. The third kappa shape index (κ3) is 3.58. The lowest BCUT2D eigenvalue weighted by molar-refractivity contribution is 0.0937. The fourth-order valence-corrected chi connectivity index (χ4v) is 2.24. The Morgan fingerprint density at radius 3 is 2.39 bits per heavy atom. The van der Waals surface area contributed by atoms with Crippen LogP contribution in [0.5, 0.6) is 0 Å². The molecule has 1 N–H and O–H groups in total. The maximum atomic E-state index is 12.5. The highest BCUT2D eigenvalue weighted by Crippen LogP contribution is 2.20. The Morgan fingerprint density at radius 1 is 0.957 bits per heavy atom. The van der Waals surface area contributed by atoms with Gasteiger partial charge in [0.25, 0.3) is 5.91 Å². The molecule has 0 radical (unpaired) electrons. The van der Waals surface area contributed by atoms with Crippen LogP contribution in [-0.2, 0) is 0 Å². The molecule has 0 bridgehead atoms. The van der Waals surface area contributed by atoms with E-state index in [0.717, 1.165) is 17.0 Å². The number of hydrogen-bond acceptors (Lipinski definition) is 4. The molecule has 5 nitrogen and oxygen atoms in total. The molecule has 0 aliphatic carbocycles. The summed E-state index contributed by atoms with van der Waals surface area (Å²) in [5.41, 5.74) is 2.78. The van der Waals surface area contributed by atoms with Gasteiger partial charge in [0, 0.05) is 12.4 Å². The lowest BCUT2D eigenvalue weighted by Crippen LogP contribution is -2.30. The Labute approximate surface area is 134 Å². The van der Waals surface area contributed by atoms with Gasteiger partial charge in [0.2, 0.25) is 0 Å². The Balaban J connectivity index is 1.90. The molecule has 3 rings (SSSR count). The molecule has 0 saturated carbocycles. The van der Waals surface area contributed by atoms with Gasteiger partial charge >= 0.3 is 0 Å². The molecule has 0 spiro atoms. The SMILES string of the molecule is Cc1cnc(C(=O)NC(c2ccccc2)c2ccccn2)cn1. The number of pyridine rings is 1. The Morgan fingerprint density at radius 2 is 1.74 bits per heavy atom. The van der Waals surface area contributed by atoms with E-state index in [9.17, 15) is 4.79 Å². The zero-order chi connectivity index (χ0) is 16.1. The molecule has 3 aromatic rings. The van der Waals surface area contributed by atoms with E-state index >= 15 is 0 Å².